The third kappa shape index (κ3) is 5.57. The molecule has 1 aromatic carbocycles. The van der Waals surface area contributed by atoms with Gasteiger partial charge >= 0.3 is 0 Å². The average molecular weight is 613 g/mol. The number of nitrogens with one attached hydrogen (secondary N) is 2. The van der Waals surface area contributed by atoms with Crippen molar-refractivity contribution in [2.75, 3.05) is 29.6 Å². The highest BCUT2D eigenvalue weighted by atomic mass is 35.5. The molecule has 3 aromatic heterocycles. The molecule has 13 heteroatoms. The summed E-state index contributed by atoms with van der Waals surface area (Å²) in [7, 11) is 3.45. The number of carbonyl (C=O) groups is 1. The number of hydrogen-bond acceptors (Lipinski definition) is 8. The summed E-state index contributed by atoms with van der Waals surface area (Å²) in [4.78, 5) is 37.7. The summed E-state index contributed by atoms with van der Waals surface area (Å²) in [6, 6.07) is 6.85. The lowest BCUT2D eigenvalue weighted by molar-refractivity contribution is 0.0980. The van der Waals surface area contributed by atoms with Gasteiger partial charge in [0, 0.05) is 44.4 Å². The molecule has 5 rings (SSSR count). The van der Waals surface area contributed by atoms with Gasteiger partial charge in [-0.05, 0) is 50.5 Å². The molecule has 1 unspecified atom stereocenters. The van der Waals surface area contributed by atoms with E-state index in [2.05, 4.69) is 25.0 Å². The number of anilines is 2. The molecule has 1 aliphatic rings. The SMILES string of the molecule is CSNC(=O)c1nc(Cl)ccc1NC(C)c1cc(C)cc2c(=O)n(C)c(N3CCC(C)(c4nn(C)cc4F)CC3)nc12. The number of amides is 1. The Morgan fingerprint density at radius 1 is 1.19 bits per heavy atom. The Bertz CT molecular complexity index is 1730. The van der Waals surface area contributed by atoms with Gasteiger partial charge in [0.15, 0.2) is 11.5 Å². The van der Waals surface area contributed by atoms with Crippen LogP contribution in [0.4, 0.5) is 16.0 Å². The van der Waals surface area contributed by atoms with Crippen LogP contribution in [0.2, 0.25) is 5.15 Å². The van der Waals surface area contributed by atoms with Crippen molar-refractivity contribution in [3.63, 3.8) is 0 Å². The molecule has 0 saturated carbocycles. The summed E-state index contributed by atoms with van der Waals surface area (Å²) >= 11 is 7.27. The zero-order chi connectivity index (χ0) is 30.3. The summed E-state index contributed by atoms with van der Waals surface area (Å²) in [5.74, 6) is -0.108. The smallest absolute Gasteiger partial charge is 0.281 e. The van der Waals surface area contributed by atoms with E-state index in [9.17, 15) is 14.0 Å². The van der Waals surface area contributed by atoms with E-state index in [1.54, 1.807) is 37.1 Å². The Labute approximate surface area is 252 Å². The van der Waals surface area contributed by atoms with Gasteiger partial charge in [-0.2, -0.15) is 5.10 Å². The minimum absolute atomic E-state index is 0.149. The van der Waals surface area contributed by atoms with Gasteiger partial charge in [-0.25, -0.2) is 14.4 Å². The van der Waals surface area contributed by atoms with Crippen LogP contribution in [0, 0.1) is 12.7 Å². The van der Waals surface area contributed by atoms with Crippen molar-refractivity contribution < 1.29 is 9.18 Å². The Morgan fingerprint density at radius 3 is 2.55 bits per heavy atom. The van der Waals surface area contributed by atoms with E-state index >= 15 is 0 Å². The predicted octanol–water partition coefficient (Wildman–Crippen LogP) is 4.90. The minimum Gasteiger partial charge on any atom is -0.377 e. The molecular formula is C29H34ClFN8O2S. The number of halogens is 2. The number of aryl methyl sites for hydroxylation is 2. The summed E-state index contributed by atoms with van der Waals surface area (Å²) in [6.45, 7) is 7.11. The summed E-state index contributed by atoms with van der Waals surface area (Å²) < 4.78 is 20.4. The maximum atomic E-state index is 14.6. The Morgan fingerprint density at radius 2 is 1.90 bits per heavy atom. The number of rotatable bonds is 7. The standard InChI is InChI=1S/C29H34ClFN8O2S/c1-16-13-18(17(2)32-21-7-8-22(30)33-24(21)26(40)36-42-6)23-19(14-16)27(41)38(5)28(34-23)39-11-9-29(3,10-12-39)25-20(31)15-37(4)35-25/h7-8,13-15,17,32H,9-12H2,1-6H3,(H,36,40). The molecule has 222 valence electrons. The molecule has 10 nitrogen and oxygen atoms in total. The van der Waals surface area contributed by atoms with Crippen molar-refractivity contribution in [2.45, 2.75) is 45.1 Å². The fraction of sp³-hybridized carbons (Fsp3) is 0.414. The molecule has 0 bridgehead atoms. The maximum absolute atomic E-state index is 14.6. The molecule has 42 heavy (non-hydrogen) atoms. The third-order valence-electron chi connectivity index (χ3n) is 7.95. The highest BCUT2D eigenvalue weighted by molar-refractivity contribution is 7.97. The molecule has 1 saturated heterocycles. The zero-order valence-electron chi connectivity index (χ0n) is 24.5. The van der Waals surface area contributed by atoms with Gasteiger partial charge in [0.2, 0.25) is 5.95 Å². The molecule has 4 aromatic rings. The van der Waals surface area contributed by atoms with E-state index in [0.29, 0.717) is 54.2 Å². The lowest BCUT2D eigenvalue weighted by Crippen LogP contribution is -2.44. The number of hydrogen-bond donors (Lipinski definition) is 2. The second-order valence-electron chi connectivity index (χ2n) is 11.1. The molecule has 1 atom stereocenters. The molecule has 0 aliphatic carbocycles. The number of benzene rings is 1. The third-order valence-corrected chi connectivity index (χ3v) is 8.55. The Kier molecular flexibility index (Phi) is 8.21. The average Bonchev–Trinajstić information content (AvgIpc) is 3.30. The molecule has 0 spiro atoms. The van der Waals surface area contributed by atoms with Gasteiger partial charge in [-0.1, -0.05) is 36.5 Å². The molecule has 1 amide bonds. The maximum Gasteiger partial charge on any atom is 0.281 e. The minimum atomic E-state index is -0.412. The topological polar surface area (TPSA) is 110 Å². The van der Waals surface area contributed by atoms with Gasteiger partial charge in [-0.15, -0.1) is 0 Å². The van der Waals surface area contributed by atoms with Crippen molar-refractivity contribution in [3.8, 4) is 0 Å². The fourth-order valence-corrected chi connectivity index (χ4v) is 6.07. The summed E-state index contributed by atoms with van der Waals surface area (Å²) in [5, 5.41) is 8.49. The summed E-state index contributed by atoms with van der Waals surface area (Å²) in [5.41, 5.74) is 2.91. The Hall–Kier alpha value is -3.64. The van der Waals surface area contributed by atoms with Gasteiger partial charge in [0.25, 0.3) is 11.5 Å². The van der Waals surface area contributed by atoms with Crippen molar-refractivity contribution in [1.29, 1.82) is 0 Å². The quantitative estimate of drug-likeness (QED) is 0.224. The first-order chi connectivity index (χ1) is 19.9. The molecule has 1 fully saturated rings. The first-order valence-corrected chi connectivity index (χ1v) is 15.2. The monoisotopic (exact) mass is 612 g/mol. The lowest BCUT2D eigenvalue weighted by Gasteiger charge is -2.39. The number of piperidine rings is 1. The largest absolute Gasteiger partial charge is 0.377 e. The van der Waals surface area contributed by atoms with Crippen molar-refractivity contribution in [3.05, 3.63) is 74.3 Å². The van der Waals surface area contributed by atoms with Crippen molar-refractivity contribution >= 4 is 52.0 Å². The van der Waals surface area contributed by atoms with Crippen LogP contribution < -0.4 is 20.5 Å². The van der Waals surface area contributed by atoms with E-state index < -0.39 is 5.41 Å². The van der Waals surface area contributed by atoms with E-state index in [1.165, 1.54) is 22.8 Å². The van der Waals surface area contributed by atoms with Crippen LogP contribution in [0.3, 0.4) is 0 Å². The van der Waals surface area contributed by atoms with Gasteiger partial charge in [-0.3, -0.25) is 23.6 Å². The van der Waals surface area contributed by atoms with Crippen LogP contribution in [0.1, 0.15) is 60.0 Å². The van der Waals surface area contributed by atoms with Crippen molar-refractivity contribution in [2.24, 2.45) is 14.1 Å². The Balaban J connectivity index is 1.50. The van der Waals surface area contributed by atoms with Crippen molar-refractivity contribution in [1.82, 2.24) is 29.0 Å². The van der Waals surface area contributed by atoms with E-state index in [0.717, 1.165) is 11.1 Å². The highest BCUT2D eigenvalue weighted by Crippen LogP contribution is 2.37. The van der Waals surface area contributed by atoms with Crippen LogP contribution in [0.5, 0.6) is 0 Å². The van der Waals surface area contributed by atoms with E-state index in [1.807, 2.05) is 32.9 Å². The first kappa shape index (κ1) is 29.8. The second kappa shape index (κ2) is 11.6. The molecule has 2 N–H and O–H groups in total. The molecular weight excluding hydrogens is 579 g/mol. The van der Waals surface area contributed by atoms with E-state index in [4.69, 9.17) is 16.6 Å². The number of nitrogens with zero attached hydrogens (tertiary/aromatic N) is 6. The molecule has 0 radical (unpaired) electrons. The van der Waals surface area contributed by atoms with Gasteiger partial charge < -0.3 is 10.2 Å². The number of fused-ring (bicyclic) bond motifs is 1. The van der Waals surface area contributed by atoms with E-state index in [-0.39, 0.29) is 34.2 Å². The molecule has 4 heterocycles. The van der Waals surface area contributed by atoms with Crippen LogP contribution in [0.25, 0.3) is 10.9 Å². The van der Waals surface area contributed by atoms with Gasteiger partial charge in [0.05, 0.1) is 28.8 Å². The predicted molar refractivity (Wildman–Crippen MR) is 166 cm³/mol. The van der Waals surface area contributed by atoms with Crippen LogP contribution in [-0.4, -0.2) is 49.6 Å². The fourth-order valence-electron chi connectivity index (χ4n) is 5.64. The van der Waals surface area contributed by atoms with Gasteiger partial charge in [0.1, 0.15) is 10.8 Å². The molecule has 1 aliphatic heterocycles. The normalized spacial score (nSPS) is 15.6. The van der Waals surface area contributed by atoms with Crippen LogP contribution in [0.15, 0.2) is 35.3 Å². The first-order valence-electron chi connectivity index (χ1n) is 13.6. The zero-order valence-corrected chi connectivity index (χ0v) is 26.0. The van der Waals surface area contributed by atoms with Crippen LogP contribution >= 0.6 is 23.5 Å². The van der Waals surface area contributed by atoms with Crippen LogP contribution in [-0.2, 0) is 19.5 Å². The second-order valence-corrected chi connectivity index (χ2v) is 12.1. The number of carbonyl (C=O) groups excluding carboxylic acids is 1. The lowest BCUT2D eigenvalue weighted by atomic mass is 9.77. The highest BCUT2D eigenvalue weighted by Gasteiger charge is 2.37. The number of pyridine rings is 1. The summed E-state index contributed by atoms with van der Waals surface area (Å²) in [6.07, 6.45) is 4.48. The number of aromatic nitrogens is 5.